The average molecular weight is 411 g/mol. The van der Waals surface area contributed by atoms with Crippen molar-refractivity contribution in [3.05, 3.63) is 40.4 Å². The number of amides is 1. The molecule has 1 aliphatic heterocycles. The molecule has 2 atom stereocenters. The molecule has 0 aliphatic carbocycles. The van der Waals surface area contributed by atoms with Crippen LogP contribution in [0, 0.1) is 5.92 Å². The molecule has 1 saturated heterocycles. The van der Waals surface area contributed by atoms with Crippen molar-refractivity contribution in [1.29, 1.82) is 0 Å². The zero-order valence-electron chi connectivity index (χ0n) is 12.6. The normalized spacial score (nSPS) is 19.2. The summed E-state index contributed by atoms with van der Waals surface area (Å²) in [7, 11) is 0. The van der Waals surface area contributed by atoms with Crippen LogP contribution in [-0.2, 0) is 0 Å². The van der Waals surface area contributed by atoms with Crippen LogP contribution in [-0.4, -0.2) is 41.7 Å². The Morgan fingerprint density at radius 2 is 2.21 bits per heavy atom. The lowest BCUT2D eigenvalue weighted by Crippen LogP contribution is -2.34. The highest BCUT2D eigenvalue weighted by atomic mass is 35.5. The highest BCUT2D eigenvalue weighted by molar-refractivity contribution is 7.13. The number of aliphatic hydroxyl groups is 1. The largest absolute Gasteiger partial charge is 0.391 e. The Bertz CT molecular complexity index is 683. The van der Waals surface area contributed by atoms with Gasteiger partial charge in [-0.3, -0.25) is 4.79 Å². The van der Waals surface area contributed by atoms with E-state index >= 15 is 0 Å². The van der Waals surface area contributed by atoms with Crippen LogP contribution in [0.5, 0.6) is 0 Å². The van der Waals surface area contributed by atoms with Crippen molar-refractivity contribution in [3.8, 4) is 10.6 Å². The minimum atomic E-state index is -0.405. The van der Waals surface area contributed by atoms with E-state index < -0.39 is 6.10 Å². The molecule has 24 heavy (non-hydrogen) atoms. The van der Waals surface area contributed by atoms with Crippen LogP contribution in [0.4, 0.5) is 0 Å². The second kappa shape index (κ2) is 9.56. The molecular formula is C15H18Cl3N3O2S. The van der Waals surface area contributed by atoms with Crippen molar-refractivity contribution in [1.82, 2.24) is 15.6 Å². The summed E-state index contributed by atoms with van der Waals surface area (Å²) in [5.41, 5.74) is 1.28. The van der Waals surface area contributed by atoms with Gasteiger partial charge in [-0.1, -0.05) is 23.7 Å². The summed E-state index contributed by atoms with van der Waals surface area (Å²) in [6.07, 6.45) is -0.405. The van der Waals surface area contributed by atoms with Gasteiger partial charge in [-0.15, -0.1) is 36.2 Å². The molecule has 2 unspecified atom stereocenters. The highest BCUT2D eigenvalue weighted by Gasteiger charge is 2.25. The lowest BCUT2D eigenvalue weighted by atomic mass is 10.1. The molecule has 132 valence electrons. The van der Waals surface area contributed by atoms with Crippen molar-refractivity contribution in [3.63, 3.8) is 0 Å². The van der Waals surface area contributed by atoms with Gasteiger partial charge in [0.1, 0.15) is 10.7 Å². The first kappa shape index (κ1) is 21.2. The summed E-state index contributed by atoms with van der Waals surface area (Å²) in [4.78, 5) is 16.5. The standard InChI is InChI=1S/C15H16ClN3O2S.2ClH/c16-11-3-1-2-9(4-11)15-19-12(8-22-15)14(21)18-6-10-5-17-7-13(10)20;;/h1-4,8,10,13,17,20H,5-7H2,(H,18,21);2*1H. The SMILES string of the molecule is Cl.Cl.O=C(NCC1CNCC1O)c1csc(-c2cccc(Cl)c2)n1. The maximum Gasteiger partial charge on any atom is 0.270 e. The molecule has 1 amide bonds. The third kappa shape index (κ3) is 5.05. The number of rotatable bonds is 4. The van der Waals surface area contributed by atoms with Gasteiger partial charge in [-0.25, -0.2) is 4.98 Å². The van der Waals surface area contributed by atoms with Gasteiger partial charge in [0.2, 0.25) is 0 Å². The molecule has 3 N–H and O–H groups in total. The monoisotopic (exact) mass is 409 g/mol. The summed E-state index contributed by atoms with van der Waals surface area (Å²) in [6, 6.07) is 7.39. The Kier molecular flexibility index (Phi) is 8.42. The Hall–Kier alpha value is -0.890. The smallest absolute Gasteiger partial charge is 0.270 e. The summed E-state index contributed by atoms with van der Waals surface area (Å²) in [5, 5.41) is 18.8. The Balaban J connectivity index is 0.00000144. The molecule has 0 saturated carbocycles. The van der Waals surface area contributed by atoms with Crippen molar-refractivity contribution < 1.29 is 9.90 Å². The fourth-order valence-corrected chi connectivity index (χ4v) is 3.36. The van der Waals surface area contributed by atoms with Gasteiger partial charge in [0.15, 0.2) is 0 Å². The van der Waals surface area contributed by atoms with Gasteiger partial charge in [-0.05, 0) is 12.1 Å². The summed E-state index contributed by atoms with van der Waals surface area (Å²) < 4.78 is 0. The number of carbonyl (C=O) groups excluding carboxylic acids is 1. The Morgan fingerprint density at radius 3 is 2.88 bits per heavy atom. The fraction of sp³-hybridized carbons (Fsp3) is 0.333. The molecule has 2 aromatic rings. The number of thiazole rings is 1. The van der Waals surface area contributed by atoms with E-state index in [0.29, 0.717) is 30.4 Å². The number of nitrogens with one attached hydrogen (secondary N) is 2. The molecule has 2 heterocycles. The third-order valence-corrected chi connectivity index (χ3v) is 4.76. The summed E-state index contributed by atoms with van der Waals surface area (Å²) in [5.74, 6) is -0.168. The molecule has 9 heteroatoms. The maximum absolute atomic E-state index is 12.1. The Labute approximate surface area is 161 Å². The van der Waals surface area contributed by atoms with E-state index in [1.807, 2.05) is 18.2 Å². The van der Waals surface area contributed by atoms with Gasteiger partial charge in [0.25, 0.3) is 5.91 Å². The highest BCUT2D eigenvalue weighted by Crippen LogP contribution is 2.26. The molecule has 1 aromatic carbocycles. The van der Waals surface area contributed by atoms with E-state index in [-0.39, 0.29) is 36.6 Å². The van der Waals surface area contributed by atoms with E-state index in [1.54, 1.807) is 11.4 Å². The first-order valence-electron chi connectivity index (χ1n) is 7.02. The van der Waals surface area contributed by atoms with E-state index in [1.165, 1.54) is 11.3 Å². The van der Waals surface area contributed by atoms with E-state index in [4.69, 9.17) is 11.6 Å². The number of nitrogens with zero attached hydrogens (tertiary/aromatic N) is 1. The zero-order chi connectivity index (χ0) is 15.5. The second-order valence-electron chi connectivity index (χ2n) is 5.24. The molecular weight excluding hydrogens is 393 g/mol. The number of benzene rings is 1. The van der Waals surface area contributed by atoms with Gasteiger partial charge < -0.3 is 15.7 Å². The molecule has 0 bridgehead atoms. The fourth-order valence-electron chi connectivity index (χ4n) is 2.37. The zero-order valence-corrected chi connectivity index (χ0v) is 15.8. The van der Waals surface area contributed by atoms with Crippen LogP contribution >= 0.6 is 47.8 Å². The molecule has 3 rings (SSSR count). The van der Waals surface area contributed by atoms with Crippen molar-refractivity contribution in [2.75, 3.05) is 19.6 Å². The molecule has 0 spiro atoms. The quantitative estimate of drug-likeness (QED) is 0.724. The van der Waals surface area contributed by atoms with Crippen LogP contribution in [0.3, 0.4) is 0 Å². The van der Waals surface area contributed by atoms with Gasteiger partial charge in [0, 0.05) is 41.5 Å². The number of hydrogen-bond acceptors (Lipinski definition) is 5. The minimum Gasteiger partial charge on any atom is -0.391 e. The molecule has 1 fully saturated rings. The number of aromatic nitrogens is 1. The molecule has 1 aliphatic rings. The second-order valence-corrected chi connectivity index (χ2v) is 6.54. The van der Waals surface area contributed by atoms with Crippen molar-refractivity contribution in [2.24, 2.45) is 5.92 Å². The van der Waals surface area contributed by atoms with Crippen molar-refractivity contribution in [2.45, 2.75) is 6.10 Å². The first-order chi connectivity index (χ1) is 10.6. The molecule has 0 radical (unpaired) electrons. The van der Waals surface area contributed by atoms with E-state index in [9.17, 15) is 9.90 Å². The lowest BCUT2D eigenvalue weighted by Gasteiger charge is -2.13. The van der Waals surface area contributed by atoms with E-state index in [2.05, 4.69) is 15.6 Å². The van der Waals surface area contributed by atoms with Crippen LogP contribution in [0.15, 0.2) is 29.6 Å². The molecule has 1 aromatic heterocycles. The number of hydrogen-bond donors (Lipinski definition) is 3. The third-order valence-electron chi connectivity index (χ3n) is 3.64. The minimum absolute atomic E-state index is 0. The summed E-state index contributed by atoms with van der Waals surface area (Å²) in [6.45, 7) is 1.74. The van der Waals surface area contributed by atoms with Gasteiger partial charge in [0.05, 0.1) is 6.10 Å². The lowest BCUT2D eigenvalue weighted by molar-refractivity contribution is 0.0923. The average Bonchev–Trinajstić information content (AvgIpc) is 3.14. The van der Waals surface area contributed by atoms with Crippen LogP contribution in [0.2, 0.25) is 5.02 Å². The van der Waals surface area contributed by atoms with Crippen molar-refractivity contribution >= 4 is 53.7 Å². The maximum atomic E-state index is 12.1. The van der Waals surface area contributed by atoms with Crippen LogP contribution in [0.25, 0.3) is 10.6 Å². The van der Waals surface area contributed by atoms with Gasteiger partial charge >= 0.3 is 0 Å². The Morgan fingerprint density at radius 1 is 1.42 bits per heavy atom. The van der Waals surface area contributed by atoms with Crippen LogP contribution in [0.1, 0.15) is 10.5 Å². The number of halogens is 3. The predicted molar refractivity (Wildman–Crippen MR) is 102 cm³/mol. The summed E-state index contributed by atoms with van der Waals surface area (Å²) >= 11 is 7.37. The number of β-amino-alcohol motifs (C(OH)–C–C–N with tert-alkyl or cyclic N) is 1. The van der Waals surface area contributed by atoms with E-state index in [0.717, 1.165) is 10.6 Å². The topological polar surface area (TPSA) is 74.2 Å². The number of aliphatic hydroxyl groups excluding tert-OH is 1. The number of carbonyl (C=O) groups is 1. The predicted octanol–water partition coefficient (Wildman–Crippen LogP) is 2.62. The first-order valence-corrected chi connectivity index (χ1v) is 8.27. The molecule has 5 nitrogen and oxygen atoms in total. The van der Waals surface area contributed by atoms with Crippen LogP contribution < -0.4 is 10.6 Å². The van der Waals surface area contributed by atoms with Gasteiger partial charge in [-0.2, -0.15) is 0 Å².